The van der Waals surface area contributed by atoms with Crippen molar-refractivity contribution in [1.82, 2.24) is 9.62 Å². The molecule has 0 atom stereocenters. The standard InChI is InChI=1S/C18H21N3O6S2/c1-13-5-7-14(8-6-13)20-15(22)11-21(2)16(23)12-27-17(24)10-19-29(25,26)18-4-3-9-28-18/h3-9,19H,10-12H2,1-2H3,(H,20,22). The minimum atomic E-state index is -3.80. The van der Waals surface area contributed by atoms with Crippen molar-refractivity contribution >= 4 is 44.8 Å². The number of carbonyl (C=O) groups is 3. The van der Waals surface area contributed by atoms with E-state index >= 15 is 0 Å². The van der Waals surface area contributed by atoms with E-state index < -0.39 is 41.0 Å². The number of carbonyl (C=O) groups excluding carboxylic acids is 3. The van der Waals surface area contributed by atoms with Crippen molar-refractivity contribution in [3.63, 3.8) is 0 Å². The minimum Gasteiger partial charge on any atom is -0.455 e. The van der Waals surface area contributed by atoms with Gasteiger partial charge in [0.25, 0.3) is 15.9 Å². The number of ether oxygens (including phenoxy) is 1. The van der Waals surface area contributed by atoms with Gasteiger partial charge in [0.2, 0.25) is 5.91 Å². The number of likely N-dealkylation sites (N-methyl/N-ethyl adjacent to an activating group) is 1. The van der Waals surface area contributed by atoms with Crippen LogP contribution in [0.1, 0.15) is 5.56 Å². The summed E-state index contributed by atoms with van der Waals surface area (Å²) in [5.74, 6) is -1.91. The van der Waals surface area contributed by atoms with Gasteiger partial charge >= 0.3 is 5.97 Å². The topological polar surface area (TPSA) is 122 Å². The van der Waals surface area contributed by atoms with Gasteiger partial charge < -0.3 is 15.0 Å². The number of aryl methyl sites for hydroxylation is 1. The Labute approximate surface area is 172 Å². The van der Waals surface area contributed by atoms with Gasteiger partial charge in [0, 0.05) is 12.7 Å². The van der Waals surface area contributed by atoms with E-state index in [0.29, 0.717) is 5.69 Å². The van der Waals surface area contributed by atoms with Gasteiger partial charge in [-0.3, -0.25) is 14.4 Å². The van der Waals surface area contributed by atoms with Crippen LogP contribution in [0.15, 0.2) is 46.0 Å². The molecular formula is C18H21N3O6S2. The summed E-state index contributed by atoms with van der Waals surface area (Å²) in [7, 11) is -2.40. The zero-order chi connectivity index (χ0) is 21.4. The van der Waals surface area contributed by atoms with E-state index in [1.807, 2.05) is 19.1 Å². The van der Waals surface area contributed by atoms with Gasteiger partial charge in [0.1, 0.15) is 10.8 Å². The normalized spacial score (nSPS) is 11.0. The molecular weight excluding hydrogens is 418 g/mol. The van der Waals surface area contributed by atoms with Crippen molar-refractivity contribution in [3.8, 4) is 0 Å². The summed E-state index contributed by atoms with van der Waals surface area (Å²) in [6.45, 7) is 0.487. The van der Waals surface area contributed by atoms with Crippen LogP contribution in [0.5, 0.6) is 0 Å². The lowest BCUT2D eigenvalue weighted by atomic mass is 10.2. The number of thiophene rings is 1. The molecule has 29 heavy (non-hydrogen) atoms. The van der Waals surface area contributed by atoms with Gasteiger partial charge in [-0.15, -0.1) is 11.3 Å². The number of hydrogen-bond donors (Lipinski definition) is 2. The molecule has 0 radical (unpaired) electrons. The summed E-state index contributed by atoms with van der Waals surface area (Å²) >= 11 is 1.01. The van der Waals surface area contributed by atoms with Gasteiger partial charge in [-0.05, 0) is 30.5 Å². The molecule has 0 saturated carbocycles. The third kappa shape index (κ3) is 7.29. The monoisotopic (exact) mass is 439 g/mol. The van der Waals surface area contributed by atoms with Crippen LogP contribution in [0.4, 0.5) is 5.69 Å². The molecule has 1 aromatic carbocycles. The molecule has 0 saturated heterocycles. The SMILES string of the molecule is Cc1ccc(NC(=O)CN(C)C(=O)COC(=O)CNS(=O)(=O)c2cccs2)cc1. The van der Waals surface area contributed by atoms with Crippen LogP contribution < -0.4 is 10.0 Å². The largest absolute Gasteiger partial charge is 0.455 e. The van der Waals surface area contributed by atoms with Gasteiger partial charge in [0.05, 0.1) is 6.54 Å². The molecule has 156 valence electrons. The number of amides is 2. The Morgan fingerprint density at radius 1 is 1.14 bits per heavy atom. The summed E-state index contributed by atoms with van der Waals surface area (Å²) in [6.07, 6.45) is 0. The molecule has 2 N–H and O–H groups in total. The third-order valence-electron chi connectivity index (χ3n) is 3.66. The quantitative estimate of drug-likeness (QED) is 0.562. The summed E-state index contributed by atoms with van der Waals surface area (Å²) in [5.41, 5.74) is 1.65. The lowest BCUT2D eigenvalue weighted by Gasteiger charge is -2.17. The first kappa shape index (κ1) is 22.5. The van der Waals surface area contributed by atoms with E-state index in [1.165, 1.54) is 13.1 Å². The molecule has 2 rings (SSSR count). The zero-order valence-electron chi connectivity index (χ0n) is 15.9. The molecule has 2 amide bonds. The van der Waals surface area contributed by atoms with E-state index in [2.05, 4.69) is 10.0 Å². The number of rotatable bonds is 9. The van der Waals surface area contributed by atoms with Crippen molar-refractivity contribution in [2.45, 2.75) is 11.1 Å². The molecule has 0 aliphatic rings. The average molecular weight is 440 g/mol. The van der Waals surface area contributed by atoms with Crippen LogP contribution in [0.3, 0.4) is 0 Å². The van der Waals surface area contributed by atoms with Crippen molar-refractivity contribution in [2.24, 2.45) is 0 Å². The van der Waals surface area contributed by atoms with Crippen LogP contribution in [-0.2, 0) is 29.1 Å². The summed E-state index contributed by atoms with van der Waals surface area (Å²) in [4.78, 5) is 36.8. The fourth-order valence-corrected chi connectivity index (χ4v) is 4.09. The van der Waals surface area contributed by atoms with E-state index in [4.69, 9.17) is 4.74 Å². The highest BCUT2D eigenvalue weighted by Crippen LogP contribution is 2.14. The molecule has 9 nitrogen and oxygen atoms in total. The van der Waals surface area contributed by atoms with E-state index in [9.17, 15) is 22.8 Å². The molecule has 11 heteroatoms. The van der Waals surface area contributed by atoms with Crippen LogP contribution in [0.2, 0.25) is 0 Å². The molecule has 1 aromatic heterocycles. The number of nitrogens with zero attached hydrogens (tertiary/aromatic N) is 1. The second-order valence-electron chi connectivity index (χ2n) is 6.08. The lowest BCUT2D eigenvalue weighted by Crippen LogP contribution is -2.38. The molecule has 0 aliphatic carbocycles. The van der Waals surface area contributed by atoms with E-state index in [1.54, 1.807) is 23.6 Å². The Balaban J connectivity index is 1.72. The van der Waals surface area contributed by atoms with E-state index in [0.717, 1.165) is 21.8 Å². The minimum absolute atomic E-state index is 0.0701. The second kappa shape index (κ2) is 10.1. The molecule has 0 aliphatic heterocycles. The summed E-state index contributed by atoms with van der Waals surface area (Å²) in [6, 6.07) is 10.1. The number of sulfonamides is 1. The second-order valence-corrected chi connectivity index (χ2v) is 9.02. The first-order chi connectivity index (χ1) is 13.7. The van der Waals surface area contributed by atoms with Crippen LogP contribution in [-0.4, -0.2) is 57.8 Å². The van der Waals surface area contributed by atoms with Crippen LogP contribution >= 0.6 is 11.3 Å². The third-order valence-corrected chi connectivity index (χ3v) is 6.46. The van der Waals surface area contributed by atoms with Crippen molar-refractivity contribution in [1.29, 1.82) is 0 Å². The first-order valence-corrected chi connectivity index (χ1v) is 10.8. The molecule has 0 spiro atoms. The maximum atomic E-state index is 12.0. The molecule has 0 bridgehead atoms. The summed E-state index contributed by atoms with van der Waals surface area (Å²) in [5, 5.41) is 4.25. The highest BCUT2D eigenvalue weighted by atomic mass is 32.2. The fourth-order valence-electron chi connectivity index (χ4n) is 2.09. The predicted molar refractivity (Wildman–Crippen MR) is 108 cm³/mol. The Morgan fingerprint density at radius 3 is 2.45 bits per heavy atom. The van der Waals surface area contributed by atoms with Crippen LogP contribution in [0, 0.1) is 6.92 Å². The number of esters is 1. The van der Waals surface area contributed by atoms with Crippen LogP contribution in [0.25, 0.3) is 0 Å². The Kier molecular flexibility index (Phi) is 7.88. The summed E-state index contributed by atoms with van der Waals surface area (Å²) < 4.78 is 30.7. The highest BCUT2D eigenvalue weighted by Gasteiger charge is 2.19. The number of benzene rings is 1. The Hall–Kier alpha value is -2.76. The van der Waals surface area contributed by atoms with Gasteiger partial charge in [0.15, 0.2) is 6.61 Å². The number of hydrogen-bond acceptors (Lipinski definition) is 7. The Bertz CT molecular complexity index is 956. The highest BCUT2D eigenvalue weighted by molar-refractivity contribution is 7.91. The first-order valence-electron chi connectivity index (χ1n) is 8.46. The molecule has 0 fully saturated rings. The van der Waals surface area contributed by atoms with E-state index in [-0.39, 0.29) is 10.8 Å². The molecule has 1 heterocycles. The average Bonchev–Trinajstić information content (AvgIpc) is 3.22. The smallest absolute Gasteiger partial charge is 0.321 e. The number of anilines is 1. The molecule has 0 unspecified atom stereocenters. The van der Waals surface area contributed by atoms with Crippen molar-refractivity contribution < 1.29 is 27.5 Å². The zero-order valence-corrected chi connectivity index (χ0v) is 17.5. The fraction of sp³-hybridized carbons (Fsp3) is 0.278. The van der Waals surface area contributed by atoms with Crippen molar-refractivity contribution in [3.05, 3.63) is 47.3 Å². The van der Waals surface area contributed by atoms with Gasteiger partial charge in [-0.25, -0.2) is 8.42 Å². The van der Waals surface area contributed by atoms with Gasteiger partial charge in [-0.2, -0.15) is 4.72 Å². The maximum Gasteiger partial charge on any atom is 0.321 e. The van der Waals surface area contributed by atoms with Crippen molar-refractivity contribution in [2.75, 3.05) is 32.1 Å². The Morgan fingerprint density at radius 2 is 1.83 bits per heavy atom. The maximum absolute atomic E-state index is 12.0. The van der Waals surface area contributed by atoms with Gasteiger partial charge in [-0.1, -0.05) is 23.8 Å². The lowest BCUT2D eigenvalue weighted by molar-refractivity contribution is -0.150. The predicted octanol–water partition coefficient (Wildman–Crippen LogP) is 0.975. The molecule has 2 aromatic rings. The number of nitrogens with one attached hydrogen (secondary N) is 2.